The van der Waals surface area contributed by atoms with Crippen LogP contribution in [-0.4, -0.2) is 34.2 Å². The van der Waals surface area contributed by atoms with E-state index in [4.69, 9.17) is 9.26 Å². The highest BCUT2D eigenvalue weighted by Gasteiger charge is 2.26. The van der Waals surface area contributed by atoms with Gasteiger partial charge in [0, 0.05) is 25.1 Å². The summed E-state index contributed by atoms with van der Waals surface area (Å²) in [6.07, 6.45) is 2.39. The molecule has 2 aromatic carbocycles. The Hall–Kier alpha value is -3.15. The van der Waals surface area contributed by atoms with E-state index in [1.54, 1.807) is 4.90 Å². The third-order valence-corrected chi connectivity index (χ3v) is 5.30. The van der Waals surface area contributed by atoms with Gasteiger partial charge in [0.1, 0.15) is 6.61 Å². The van der Waals surface area contributed by atoms with Crippen LogP contribution in [0.25, 0.3) is 11.4 Å². The molecule has 1 atom stereocenters. The average molecular weight is 391 g/mol. The number of hydrogen-bond acceptors (Lipinski definition) is 5. The molecule has 2 heterocycles. The second kappa shape index (κ2) is 8.90. The summed E-state index contributed by atoms with van der Waals surface area (Å²) in [5, 5.41) is 4.14. The molecule has 0 spiro atoms. The molecule has 0 aliphatic carbocycles. The van der Waals surface area contributed by atoms with Crippen molar-refractivity contribution in [3.8, 4) is 11.4 Å². The Morgan fingerprint density at radius 2 is 1.97 bits per heavy atom. The van der Waals surface area contributed by atoms with Crippen LogP contribution in [0.5, 0.6) is 0 Å². The fraction of sp³-hybridized carbons (Fsp3) is 0.348. The Kier molecular flexibility index (Phi) is 5.89. The van der Waals surface area contributed by atoms with Crippen LogP contribution in [0.4, 0.5) is 4.79 Å². The van der Waals surface area contributed by atoms with Gasteiger partial charge in [-0.15, -0.1) is 0 Å². The first-order chi connectivity index (χ1) is 14.2. The minimum Gasteiger partial charge on any atom is -0.445 e. The predicted molar refractivity (Wildman–Crippen MR) is 109 cm³/mol. The zero-order chi connectivity index (χ0) is 20.1. The average Bonchev–Trinajstić information content (AvgIpc) is 3.21. The van der Waals surface area contributed by atoms with Gasteiger partial charge in [0.2, 0.25) is 11.7 Å². The van der Waals surface area contributed by atoms with Crippen LogP contribution in [0, 0.1) is 12.8 Å². The molecule has 150 valence electrons. The summed E-state index contributed by atoms with van der Waals surface area (Å²) < 4.78 is 11.0. The van der Waals surface area contributed by atoms with Gasteiger partial charge in [-0.1, -0.05) is 59.8 Å². The van der Waals surface area contributed by atoms with Crippen LogP contribution < -0.4 is 0 Å². The molecule has 6 heteroatoms. The number of nitrogens with zero attached hydrogens (tertiary/aromatic N) is 3. The number of aromatic nitrogens is 2. The number of aryl methyl sites for hydroxylation is 1. The third-order valence-electron chi connectivity index (χ3n) is 5.30. The fourth-order valence-corrected chi connectivity index (χ4v) is 3.73. The number of rotatable bonds is 5. The van der Waals surface area contributed by atoms with Gasteiger partial charge < -0.3 is 14.2 Å². The lowest BCUT2D eigenvalue weighted by Gasteiger charge is -2.31. The van der Waals surface area contributed by atoms with Gasteiger partial charge in [0.25, 0.3) is 0 Å². The van der Waals surface area contributed by atoms with Crippen LogP contribution >= 0.6 is 0 Å². The molecule has 0 radical (unpaired) electrons. The topological polar surface area (TPSA) is 68.5 Å². The molecule has 0 saturated carbocycles. The number of carbonyl (C=O) groups excluding carboxylic acids is 1. The number of hydrogen-bond donors (Lipinski definition) is 0. The highest BCUT2D eigenvalue weighted by atomic mass is 16.6. The molecule has 1 aliphatic rings. The Bertz CT molecular complexity index is 955. The van der Waals surface area contributed by atoms with E-state index in [1.807, 2.05) is 61.5 Å². The second-order valence-corrected chi connectivity index (χ2v) is 7.53. The molecule has 1 aromatic heterocycles. The van der Waals surface area contributed by atoms with E-state index in [0.717, 1.165) is 36.1 Å². The van der Waals surface area contributed by atoms with Crippen molar-refractivity contribution in [2.24, 2.45) is 5.92 Å². The summed E-state index contributed by atoms with van der Waals surface area (Å²) in [5.74, 6) is 1.53. The van der Waals surface area contributed by atoms with Crippen molar-refractivity contribution in [2.45, 2.75) is 32.8 Å². The first-order valence-electron chi connectivity index (χ1n) is 10.0. The Balaban J connectivity index is 1.33. The summed E-state index contributed by atoms with van der Waals surface area (Å²) in [4.78, 5) is 18.8. The lowest BCUT2D eigenvalue weighted by atomic mass is 9.95. The molecule has 0 bridgehead atoms. The molecular formula is C23H25N3O3. The quantitative estimate of drug-likeness (QED) is 0.634. The van der Waals surface area contributed by atoms with E-state index in [-0.39, 0.29) is 12.0 Å². The van der Waals surface area contributed by atoms with Gasteiger partial charge in [0.05, 0.1) is 0 Å². The van der Waals surface area contributed by atoms with Crippen LogP contribution in [0.15, 0.2) is 59.1 Å². The summed E-state index contributed by atoms with van der Waals surface area (Å²) in [5.41, 5.74) is 3.09. The molecule has 1 amide bonds. The Morgan fingerprint density at radius 3 is 2.79 bits per heavy atom. The van der Waals surface area contributed by atoms with E-state index >= 15 is 0 Å². The van der Waals surface area contributed by atoms with Gasteiger partial charge >= 0.3 is 6.09 Å². The highest BCUT2D eigenvalue weighted by molar-refractivity contribution is 5.67. The zero-order valence-electron chi connectivity index (χ0n) is 16.6. The van der Waals surface area contributed by atoms with Gasteiger partial charge in [-0.25, -0.2) is 4.79 Å². The molecule has 1 saturated heterocycles. The maximum absolute atomic E-state index is 12.4. The van der Waals surface area contributed by atoms with Crippen LogP contribution in [-0.2, 0) is 17.8 Å². The molecule has 3 aromatic rings. The lowest BCUT2D eigenvalue weighted by molar-refractivity contribution is 0.0780. The van der Waals surface area contributed by atoms with Crippen LogP contribution in [0.3, 0.4) is 0 Å². The lowest BCUT2D eigenvalue weighted by Crippen LogP contribution is -2.40. The molecule has 29 heavy (non-hydrogen) atoms. The number of amides is 1. The minimum absolute atomic E-state index is 0.260. The monoisotopic (exact) mass is 391 g/mol. The number of piperidine rings is 1. The summed E-state index contributed by atoms with van der Waals surface area (Å²) in [6.45, 7) is 3.70. The van der Waals surface area contributed by atoms with Crippen molar-refractivity contribution in [3.05, 3.63) is 71.6 Å². The van der Waals surface area contributed by atoms with Crippen molar-refractivity contribution in [1.82, 2.24) is 15.0 Å². The van der Waals surface area contributed by atoms with Crippen LogP contribution in [0.2, 0.25) is 0 Å². The minimum atomic E-state index is -0.260. The molecule has 1 fully saturated rings. The highest BCUT2D eigenvalue weighted by Crippen LogP contribution is 2.24. The van der Waals surface area contributed by atoms with Crippen LogP contribution in [0.1, 0.15) is 29.9 Å². The maximum Gasteiger partial charge on any atom is 0.410 e. The van der Waals surface area contributed by atoms with E-state index < -0.39 is 0 Å². The van der Waals surface area contributed by atoms with Crippen molar-refractivity contribution >= 4 is 6.09 Å². The standard InChI is InChI=1S/C23H25N3O3/c1-17-8-5-6-12-20(17)22-24-21(29-25-22)14-19-11-7-13-26(15-19)23(27)28-16-18-9-3-2-4-10-18/h2-6,8-10,12,19H,7,11,13-16H2,1H3. The van der Waals surface area contributed by atoms with E-state index in [9.17, 15) is 4.79 Å². The zero-order valence-corrected chi connectivity index (χ0v) is 16.6. The molecule has 6 nitrogen and oxygen atoms in total. The van der Waals surface area contributed by atoms with E-state index in [2.05, 4.69) is 10.1 Å². The van der Waals surface area contributed by atoms with Crippen molar-refractivity contribution in [2.75, 3.05) is 13.1 Å². The Morgan fingerprint density at radius 1 is 1.17 bits per heavy atom. The number of likely N-dealkylation sites (tertiary alicyclic amines) is 1. The SMILES string of the molecule is Cc1ccccc1-c1noc(CC2CCCN(C(=O)OCc3ccccc3)C2)n1. The van der Waals surface area contributed by atoms with E-state index in [1.165, 1.54) is 0 Å². The predicted octanol–water partition coefficient (Wildman–Crippen LogP) is 4.64. The number of benzene rings is 2. The first-order valence-corrected chi connectivity index (χ1v) is 10.0. The van der Waals surface area contributed by atoms with Crippen molar-refractivity contribution in [3.63, 3.8) is 0 Å². The van der Waals surface area contributed by atoms with Gasteiger partial charge in [-0.05, 0) is 36.8 Å². The van der Waals surface area contributed by atoms with Gasteiger partial charge in [-0.2, -0.15) is 4.98 Å². The molecule has 4 rings (SSSR count). The van der Waals surface area contributed by atoms with Crippen molar-refractivity contribution in [1.29, 1.82) is 0 Å². The normalized spacial score (nSPS) is 16.6. The molecule has 1 unspecified atom stereocenters. The maximum atomic E-state index is 12.4. The summed E-state index contributed by atoms with van der Waals surface area (Å²) >= 11 is 0. The fourth-order valence-electron chi connectivity index (χ4n) is 3.73. The first kappa shape index (κ1) is 19.2. The number of ether oxygens (including phenoxy) is 1. The van der Waals surface area contributed by atoms with Gasteiger partial charge in [-0.3, -0.25) is 0 Å². The van der Waals surface area contributed by atoms with Gasteiger partial charge in [0.15, 0.2) is 0 Å². The summed E-state index contributed by atoms with van der Waals surface area (Å²) in [7, 11) is 0. The molecule has 0 N–H and O–H groups in total. The summed E-state index contributed by atoms with van der Waals surface area (Å²) in [6, 6.07) is 17.7. The number of carbonyl (C=O) groups is 1. The smallest absolute Gasteiger partial charge is 0.410 e. The largest absolute Gasteiger partial charge is 0.445 e. The van der Waals surface area contributed by atoms with Crippen molar-refractivity contribution < 1.29 is 14.1 Å². The third kappa shape index (κ3) is 4.83. The second-order valence-electron chi connectivity index (χ2n) is 7.53. The molecular weight excluding hydrogens is 366 g/mol. The molecule has 1 aliphatic heterocycles. The van der Waals surface area contributed by atoms with E-state index in [0.29, 0.717) is 31.3 Å². The Labute approximate surface area is 170 Å².